The molecule has 4 heterocycles. The molecule has 1 saturated heterocycles. The van der Waals surface area contributed by atoms with Crippen LogP contribution in [0.15, 0.2) is 30.6 Å². The summed E-state index contributed by atoms with van der Waals surface area (Å²) in [6.45, 7) is 4.04. The smallest absolute Gasteiger partial charge is 0.261 e. The molecule has 8 nitrogen and oxygen atoms in total. The number of piperidine rings is 1. The van der Waals surface area contributed by atoms with Gasteiger partial charge in [0.05, 0.1) is 41.0 Å². The summed E-state index contributed by atoms with van der Waals surface area (Å²) in [4.78, 5) is 23.6. The van der Waals surface area contributed by atoms with Gasteiger partial charge in [0, 0.05) is 30.9 Å². The maximum absolute atomic E-state index is 16.0. The molecule has 2 aromatic rings. The third-order valence-corrected chi connectivity index (χ3v) is 9.37. The van der Waals surface area contributed by atoms with Gasteiger partial charge in [-0.3, -0.25) is 14.7 Å². The highest BCUT2D eigenvalue weighted by Crippen LogP contribution is 2.44. The van der Waals surface area contributed by atoms with E-state index in [-0.39, 0.29) is 37.1 Å². The predicted octanol–water partition coefficient (Wildman–Crippen LogP) is 3.13. The summed E-state index contributed by atoms with van der Waals surface area (Å²) in [7, 11) is -1.80. The first-order valence-corrected chi connectivity index (χ1v) is 12.6. The van der Waals surface area contributed by atoms with Crippen molar-refractivity contribution in [3.8, 4) is 5.88 Å². The van der Waals surface area contributed by atoms with Crippen LogP contribution in [0, 0.1) is 0 Å². The van der Waals surface area contributed by atoms with E-state index in [2.05, 4.69) is 9.97 Å². The molecular weight excluding hydrogens is 447 g/mol. The minimum absolute atomic E-state index is 0.0560. The van der Waals surface area contributed by atoms with E-state index in [4.69, 9.17) is 4.74 Å². The van der Waals surface area contributed by atoms with Crippen LogP contribution in [0.2, 0.25) is 0 Å². The quantitative estimate of drug-likeness (QED) is 0.661. The van der Waals surface area contributed by atoms with Gasteiger partial charge in [0.1, 0.15) is 5.67 Å². The summed E-state index contributed by atoms with van der Waals surface area (Å²) in [5.74, 6) is 0.182. The van der Waals surface area contributed by atoms with Crippen LogP contribution in [0.1, 0.15) is 61.1 Å². The Morgan fingerprint density at radius 2 is 1.85 bits per heavy atom. The number of pyridine rings is 2. The van der Waals surface area contributed by atoms with Crippen LogP contribution in [-0.2, 0) is 21.2 Å². The van der Waals surface area contributed by atoms with Gasteiger partial charge in [-0.25, -0.2) is 22.1 Å². The van der Waals surface area contributed by atoms with Crippen LogP contribution >= 0.6 is 0 Å². The number of halogens is 1. The molecule has 1 amide bonds. The number of amides is 1. The molecule has 176 valence electrons. The number of sulfonamides is 1. The molecule has 0 aromatic carbocycles. The zero-order valence-corrected chi connectivity index (χ0v) is 19.7. The van der Waals surface area contributed by atoms with E-state index in [1.807, 2.05) is 13.8 Å². The number of carbonyl (C=O) groups excluding carboxylic acids is 1. The van der Waals surface area contributed by atoms with Crippen molar-refractivity contribution < 1.29 is 22.3 Å². The topological polar surface area (TPSA) is 92.7 Å². The van der Waals surface area contributed by atoms with Gasteiger partial charge in [0.25, 0.3) is 5.91 Å². The van der Waals surface area contributed by atoms with E-state index >= 15 is 4.39 Å². The second kappa shape index (κ2) is 7.46. The van der Waals surface area contributed by atoms with E-state index in [0.717, 1.165) is 0 Å². The summed E-state index contributed by atoms with van der Waals surface area (Å²) in [6, 6.07) is 4.99. The standard InChI is InChI=1S/C23H27FN4O4S/c1-22(2)20-18(6-7-19(26-20)32-3)21(29)28(22)16-12-15(13-25-14-16)23(24)8-10-27(11-9-23)33(30,31)17-4-5-17/h6-7,12-14,17H,4-5,8-11H2,1-3H3. The number of nitrogens with zero attached hydrogens (tertiary/aromatic N) is 4. The van der Waals surface area contributed by atoms with Crippen LogP contribution in [0.4, 0.5) is 10.1 Å². The Balaban J connectivity index is 1.42. The second-order valence-corrected chi connectivity index (χ2v) is 11.7. The molecular formula is C23H27FN4O4S. The third kappa shape index (κ3) is 3.50. The van der Waals surface area contributed by atoms with Crippen LogP contribution in [0.5, 0.6) is 5.88 Å². The van der Waals surface area contributed by atoms with Crippen molar-refractivity contribution in [3.63, 3.8) is 0 Å². The second-order valence-electron chi connectivity index (χ2n) is 9.49. The van der Waals surface area contributed by atoms with Crippen molar-refractivity contribution >= 4 is 21.6 Å². The fraction of sp³-hybridized carbons (Fsp3) is 0.522. The highest BCUT2D eigenvalue weighted by Gasteiger charge is 2.48. The Morgan fingerprint density at radius 1 is 1.15 bits per heavy atom. The van der Waals surface area contributed by atoms with E-state index in [1.54, 1.807) is 29.3 Å². The van der Waals surface area contributed by atoms with Crippen molar-refractivity contribution in [2.24, 2.45) is 0 Å². The number of anilines is 1. The molecule has 5 rings (SSSR count). The predicted molar refractivity (Wildman–Crippen MR) is 120 cm³/mol. The highest BCUT2D eigenvalue weighted by molar-refractivity contribution is 7.90. The Hall–Kier alpha value is -2.59. The van der Waals surface area contributed by atoms with Crippen molar-refractivity contribution in [3.05, 3.63) is 47.4 Å². The molecule has 0 bridgehead atoms. The first kappa shape index (κ1) is 22.2. The summed E-state index contributed by atoms with van der Waals surface area (Å²) < 4.78 is 47.7. The molecule has 2 aliphatic heterocycles. The van der Waals surface area contributed by atoms with Gasteiger partial charge in [-0.1, -0.05) is 0 Å². The molecule has 0 atom stereocenters. The lowest BCUT2D eigenvalue weighted by molar-refractivity contribution is 0.0863. The first-order valence-electron chi connectivity index (χ1n) is 11.1. The van der Waals surface area contributed by atoms with Gasteiger partial charge in [-0.2, -0.15) is 0 Å². The van der Waals surface area contributed by atoms with E-state index in [1.165, 1.54) is 17.6 Å². The van der Waals surface area contributed by atoms with Crippen molar-refractivity contribution in [2.75, 3.05) is 25.1 Å². The lowest BCUT2D eigenvalue weighted by Gasteiger charge is -2.37. The Kier molecular flexibility index (Phi) is 5.02. The molecule has 10 heteroatoms. The van der Waals surface area contributed by atoms with Gasteiger partial charge in [0.2, 0.25) is 15.9 Å². The fourth-order valence-electron chi connectivity index (χ4n) is 4.87. The van der Waals surface area contributed by atoms with E-state index < -0.39 is 21.2 Å². The summed E-state index contributed by atoms with van der Waals surface area (Å²) in [6.07, 6.45) is 4.50. The third-order valence-electron chi connectivity index (χ3n) is 6.97. The zero-order valence-electron chi connectivity index (χ0n) is 18.9. The Bertz CT molecular complexity index is 1220. The molecule has 0 radical (unpaired) electrons. The number of rotatable bonds is 5. The number of fused-ring (bicyclic) bond motifs is 1. The highest BCUT2D eigenvalue weighted by atomic mass is 32.2. The van der Waals surface area contributed by atoms with Crippen molar-refractivity contribution in [1.29, 1.82) is 0 Å². The maximum atomic E-state index is 16.0. The maximum Gasteiger partial charge on any atom is 0.261 e. The first-order chi connectivity index (χ1) is 15.6. The minimum Gasteiger partial charge on any atom is -0.481 e. The average Bonchev–Trinajstić information content (AvgIpc) is 3.63. The van der Waals surface area contributed by atoms with Gasteiger partial charge < -0.3 is 4.74 Å². The lowest BCUT2D eigenvalue weighted by atomic mass is 9.87. The van der Waals surface area contributed by atoms with E-state index in [9.17, 15) is 13.2 Å². The van der Waals surface area contributed by atoms with Crippen LogP contribution in [0.3, 0.4) is 0 Å². The number of carbonyl (C=O) groups is 1. The largest absolute Gasteiger partial charge is 0.481 e. The number of aromatic nitrogens is 2. The van der Waals surface area contributed by atoms with Crippen LogP contribution < -0.4 is 9.64 Å². The van der Waals surface area contributed by atoms with Gasteiger partial charge in [-0.15, -0.1) is 0 Å². The SMILES string of the molecule is COc1ccc2c(n1)C(C)(C)N(c1cncc(C3(F)CCN(S(=O)(=O)C4CC4)CC3)c1)C2=O. The van der Waals surface area contributed by atoms with Crippen molar-refractivity contribution in [1.82, 2.24) is 14.3 Å². The number of alkyl halides is 1. The number of hydrogen-bond acceptors (Lipinski definition) is 6. The lowest BCUT2D eigenvalue weighted by Crippen LogP contribution is -2.44. The summed E-state index contributed by atoms with van der Waals surface area (Å²) >= 11 is 0. The average molecular weight is 475 g/mol. The minimum atomic E-state index is -3.32. The molecule has 1 aliphatic carbocycles. The molecule has 1 saturated carbocycles. The molecule has 3 aliphatic rings. The number of hydrogen-bond donors (Lipinski definition) is 0. The molecule has 0 N–H and O–H groups in total. The number of methoxy groups -OCH3 is 1. The van der Waals surface area contributed by atoms with Gasteiger partial charge in [-0.05, 0) is 51.7 Å². The normalized spacial score (nSPS) is 22.3. The van der Waals surface area contributed by atoms with Gasteiger partial charge >= 0.3 is 0 Å². The Labute approximate surface area is 192 Å². The van der Waals surface area contributed by atoms with Crippen molar-refractivity contribution in [2.45, 2.75) is 56.0 Å². The molecule has 2 aromatic heterocycles. The monoisotopic (exact) mass is 474 g/mol. The van der Waals surface area contributed by atoms with Crippen LogP contribution in [0.25, 0.3) is 0 Å². The zero-order chi connectivity index (χ0) is 23.6. The number of ether oxygens (including phenoxy) is 1. The summed E-state index contributed by atoms with van der Waals surface area (Å²) in [5.41, 5.74) is -0.602. The molecule has 2 fully saturated rings. The van der Waals surface area contributed by atoms with Crippen LogP contribution in [-0.4, -0.2) is 54.0 Å². The molecule has 0 unspecified atom stereocenters. The summed E-state index contributed by atoms with van der Waals surface area (Å²) in [5, 5.41) is -0.299. The Morgan fingerprint density at radius 3 is 2.48 bits per heavy atom. The van der Waals surface area contributed by atoms with E-state index in [0.29, 0.717) is 41.2 Å². The molecule has 0 spiro atoms. The van der Waals surface area contributed by atoms with Gasteiger partial charge in [0.15, 0.2) is 0 Å². The molecule has 33 heavy (non-hydrogen) atoms. The fourth-order valence-corrected chi connectivity index (χ4v) is 6.71.